The van der Waals surface area contributed by atoms with E-state index in [0.717, 1.165) is 0 Å². The van der Waals surface area contributed by atoms with E-state index in [-0.39, 0.29) is 9.80 Å². The van der Waals surface area contributed by atoms with E-state index in [4.69, 9.17) is 0 Å². The van der Waals surface area contributed by atoms with Crippen LogP contribution in [0.5, 0.6) is 0 Å². The molecule has 0 radical (unpaired) electrons. The average molecular weight is 300 g/mol. The van der Waals surface area contributed by atoms with Gasteiger partial charge in [0.05, 0.1) is 0 Å². The molecule has 0 spiro atoms. The van der Waals surface area contributed by atoms with Gasteiger partial charge in [-0.2, -0.15) is 35.1 Å². The molecule has 0 aromatic carbocycles. The van der Waals surface area contributed by atoms with Gasteiger partial charge in [0.2, 0.25) is 0 Å². The third-order valence-electron chi connectivity index (χ3n) is 2.66. The molecule has 3 nitrogen and oxygen atoms in total. The molecule has 1 heterocycles. The maximum atomic E-state index is 13.2. The van der Waals surface area contributed by atoms with Crippen LogP contribution in [0.25, 0.3) is 0 Å². The van der Waals surface area contributed by atoms with Crippen LogP contribution in [-0.2, 0) is 4.79 Å². The molecular weight excluding hydrogens is 292 g/mol. The molecule has 0 bridgehead atoms. The fraction of sp³-hybridized carbons (Fsp3) is 0.875. The predicted octanol–water partition coefficient (Wildman–Crippen LogP) is 1.85. The van der Waals surface area contributed by atoms with E-state index in [2.05, 4.69) is 0 Å². The van der Waals surface area contributed by atoms with Gasteiger partial charge in [-0.15, -0.1) is 0 Å². The summed E-state index contributed by atoms with van der Waals surface area (Å²) in [6.07, 6.45) is -4.76. The predicted molar refractivity (Wildman–Crippen MR) is 45.2 cm³/mol. The molecule has 0 amide bonds. The minimum atomic E-state index is -5.59. The molecule has 1 aliphatic rings. The van der Waals surface area contributed by atoms with Crippen LogP contribution in [0, 0.1) is 0 Å². The van der Waals surface area contributed by atoms with Crippen molar-refractivity contribution in [3.05, 3.63) is 0 Å². The number of carbonyl (C=O) groups excluding carboxylic acids is 1. The van der Waals surface area contributed by atoms with E-state index in [1.807, 2.05) is 0 Å². The van der Waals surface area contributed by atoms with Crippen molar-refractivity contribution in [2.24, 2.45) is 0 Å². The number of rotatable bonds is 3. The summed E-state index contributed by atoms with van der Waals surface area (Å²) >= 11 is 0. The van der Waals surface area contributed by atoms with E-state index in [0.29, 0.717) is 0 Å². The van der Waals surface area contributed by atoms with Crippen LogP contribution in [0.4, 0.5) is 35.1 Å². The first-order valence-corrected chi connectivity index (χ1v) is 4.93. The fourth-order valence-corrected chi connectivity index (χ4v) is 1.56. The Bertz CT molecular complexity index is 347. The van der Waals surface area contributed by atoms with E-state index < -0.39 is 50.5 Å². The van der Waals surface area contributed by atoms with Crippen molar-refractivity contribution in [1.82, 2.24) is 9.80 Å². The number of hydrogen-bond acceptors (Lipinski definition) is 3. The summed E-state index contributed by atoms with van der Waals surface area (Å²) in [7, 11) is 0. The topological polar surface area (TPSA) is 23.6 Å². The Morgan fingerprint density at radius 3 is 1.47 bits per heavy atom. The van der Waals surface area contributed by atoms with Crippen LogP contribution in [0.1, 0.15) is 0 Å². The van der Waals surface area contributed by atoms with Crippen LogP contribution in [0.3, 0.4) is 0 Å². The van der Waals surface area contributed by atoms with Gasteiger partial charge in [0.25, 0.3) is 0 Å². The molecule has 0 N–H and O–H groups in total. The zero-order valence-electron chi connectivity index (χ0n) is 9.15. The zero-order chi connectivity index (χ0) is 15.1. The average Bonchev–Trinajstić information content (AvgIpc) is 2.27. The van der Waals surface area contributed by atoms with Gasteiger partial charge in [-0.1, -0.05) is 0 Å². The fourth-order valence-electron chi connectivity index (χ4n) is 1.56. The van der Waals surface area contributed by atoms with Crippen LogP contribution in [-0.4, -0.2) is 60.3 Å². The number of halogens is 8. The zero-order valence-corrected chi connectivity index (χ0v) is 9.15. The highest BCUT2D eigenvalue weighted by Crippen LogP contribution is 2.39. The number of nitrogens with zero attached hydrogens (tertiary/aromatic N) is 2. The van der Waals surface area contributed by atoms with E-state index in [9.17, 15) is 39.9 Å². The minimum Gasteiger partial charge on any atom is -0.254 e. The lowest BCUT2D eigenvalue weighted by Gasteiger charge is -2.40. The SMILES string of the molecule is O=C(F)C(F)(F)C(F)(F)N1CCN(C(F)(F)F)CC1. The molecule has 1 fully saturated rings. The minimum absolute atomic E-state index is 0.144. The molecule has 1 rings (SSSR count). The molecule has 112 valence electrons. The summed E-state index contributed by atoms with van der Waals surface area (Å²) in [5.41, 5.74) is 0. The summed E-state index contributed by atoms with van der Waals surface area (Å²) in [6.45, 7) is -4.10. The molecule has 0 aromatic heterocycles. The standard InChI is InChI=1S/C8H8F8N2O/c9-5(19)6(10,11)7(12,13)17-1-3-18(4-2-17)8(14,15)16/h1-4H2. The highest BCUT2D eigenvalue weighted by Gasteiger charge is 2.66. The smallest absolute Gasteiger partial charge is 0.254 e. The van der Waals surface area contributed by atoms with Gasteiger partial charge in [0, 0.05) is 26.2 Å². The van der Waals surface area contributed by atoms with Crippen molar-refractivity contribution in [3.8, 4) is 0 Å². The van der Waals surface area contributed by atoms with Crippen molar-refractivity contribution in [2.75, 3.05) is 26.2 Å². The molecule has 1 aliphatic heterocycles. The van der Waals surface area contributed by atoms with Gasteiger partial charge < -0.3 is 0 Å². The summed E-state index contributed by atoms with van der Waals surface area (Å²) in [4.78, 5) is 9.38. The summed E-state index contributed by atoms with van der Waals surface area (Å²) < 4.78 is 100. The van der Waals surface area contributed by atoms with Crippen molar-refractivity contribution in [1.29, 1.82) is 0 Å². The highest BCUT2D eigenvalue weighted by atomic mass is 19.4. The number of hydrogen-bond donors (Lipinski definition) is 0. The van der Waals surface area contributed by atoms with Crippen molar-refractivity contribution in [3.63, 3.8) is 0 Å². The lowest BCUT2D eigenvalue weighted by atomic mass is 10.2. The quantitative estimate of drug-likeness (QED) is 0.451. The van der Waals surface area contributed by atoms with Gasteiger partial charge in [0.1, 0.15) is 0 Å². The Hall–Kier alpha value is -0.970. The largest absolute Gasteiger partial charge is 0.460 e. The van der Waals surface area contributed by atoms with E-state index >= 15 is 0 Å². The van der Waals surface area contributed by atoms with E-state index in [1.54, 1.807) is 0 Å². The van der Waals surface area contributed by atoms with Gasteiger partial charge >= 0.3 is 24.3 Å². The van der Waals surface area contributed by atoms with Gasteiger partial charge in [-0.25, -0.2) is 9.80 Å². The van der Waals surface area contributed by atoms with Gasteiger partial charge in [-0.05, 0) is 0 Å². The monoisotopic (exact) mass is 300 g/mol. The molecule has 19 heavy (non-hydrogen) atoms. The molecule has 1 saturated heterocycles. The third kappa shape index (κ3) is 2.96. The molecule has 0 atom stereocenters. The van der Waals surface area contributed by atoms with Gasteiger partial charge in [0.15, 0.2) is 0 Å². The second-order valence-corrected chi connectivity index (χ2v) is 3.83. The lowest BCUT2D eigenvalue weighted by Crippen LogP contribution is -2.63. The number of alkyl halides is 7. The van der Waals surface area contributed by atoms with Crippen LogP contribution >= 0.6 is 0 Å². The summed E-state index contributed by atoms with van der Waals surface area (Å²) in [5, 5.41) is 0. The van der Waals surface area contributed by atoms with Crippen molar-refractivity contribution < 1.29 is 39.9 Å². The molecule has 0 unspecified atom stereocenters. The van der Waals surface area contributed by atoms with Gasteiger partial charge in [-0.3, -0.25) is 4.79 Å². The molecule has 0 aliphatic carbocycles. The first-order chi connectivity index (χ1) is 8.40. The second-order valence-electron chi connectivity index (χ2n) is 3.83. The molecular formula is C8H8F8N2O. The maximum absolute atomic E-state index is 13.2. The Labute approximate surface area is 101 Å². The Morgan fingerprint density at radius 2 is 1.16 bits per heavy atom. The normalized spacial score (nSPS) is 20.6. The third-order valence-corrected chi connectivity index (χ3v) is 2.66. The molecule has 0 aromatic rings. The molecule has 11 heteroatoms. The lowest BCUT2D eigenvalue weighted by molar-refractivity contribution is -0.299. The van der Waals surface area contributed by atoms with E-state index in [1.165, 1.54) is 0 Å². The van der Waals surface area contributed by atoms with Crippen LogP contribution < -0.4 is 0 Å². The van der Waals surface area contributed by atoms with Crippen LogP contribution in [0.15, 0.2) is 0 Å². The molecule has 0 saturated carbocycles. The second kappa shape index (κ2) is 4.85. The summed E-state index contributed by atoms with van der Waals surface area (Å²) in [6, 6.07) is -8.70. The highest BCUT2D eigenvalue weighted by molar-refractivity contribution is 5.77. The Balaban J connectivity index is 2.77. The first kappa shape index (κ1) is 16.1. The summed E-state index contributed by atoms with van der Waals surface area (Å²) in [5.74, 6) is -5.59. The first-order valence-electron chi connectivity index (χ1n) is 4.93. The Morgan fingerprint density at radius 1 is 0.789 bits per heavy atom. The number of carbonyl (C=O) groups is 1. The number of piperazine rings is 1. The van der Waals surface area contributed by atoms with Crippen molar-refractivity contribution in [2.45, 2.75) is 18.3 Å². The van der Waals surface area contributed by atoms with Crippen LogP contribution in [0.2, 0.25) is 0 Å². The maximum Gasteiger partial charge on any atom is 0.460 e. The van der Waals surface area contributed by atoms with Crippen molar-refractivity contribution >= 4 is 6.04 Å². The Kier molecular flexibility index (Phi) is 4.11.